The fourth-order valence-corrected chi connectivity index (χ4v) is 2.64. The largest absolute Gasteiger partial charge is 0.451 e. The third kappa shape index (κ3) is 3.03. The number of hydrogen-bond donors (Lipinski definition) is 2. The maximum absolute atomic E-state index is 13.7. The molecule has 0 aliphatic heterocycles. The molecule has 1 aromatic heterocycles. The summed E-state index contributed by atoms with van der Waals surface area (Å²) in [6.07, 6.45) is 0. The number of aryl methyl sites for hydroxylation is 1. The first-order valence-electron chi connectivity index (χ1n) is 7.01. The van der Waals surface area contributed by atoms with Crippen LogP contribution in [0.25, 0.3) is 11.0 Å². The maximum Gasteiger partial charge on any atom is 0.305 e. The van der Waals surface area contributed by atoms with Gasteiger partial charge in [-0.15, -0.1) is 0 Å². The molecule has 122 valence electrons. The molecule has 2 aromatic carbocycles. The molecule has 2 N–H and O–H groups in total. The van der Waals surface area contributed by atoms with Gasteiger partial charge in [-0.25, -0.2) is 4.39 Å². The molecule has 24 heavy (non-hydrogen) atoms. The Labute approximate surface area is 144 Å². The number of carbonyl (C=O) groups excluding carboxylic acids is 2. The van der Waals surface area contributed by atoms with Crippen molar-refractivity contribution in [3.05, 3.63) is 69.6 Å². The highest BCUT2D eigenvalue weighted by atomic mass is 79.9. The van der Waals surface area contributed by atoms with E-state index in [1.807, 2.05) is 12.1 Å². The molecule has 0 spiro atoms. The second-order valence-corrected chi connectivity index (χ2v) is 6.00. The van der Waals surface area contributed by atoms with E-state index in [9.17, 15) is 14.0 Å². The van der Waals surface area contributed by atoms with E-state index in [1.165, 1.54) is 18.2 Å². The lowest BCUT2D eigenvalue weighted by molar-refractivity contribution is 0.0829. The second-order valence-electron chi connectivity index (χ2n) is 5.08. The smallest absolute Gasteiger partial charge is 0.305 e. The fraction of sp³-hybridized carbons (Fsp3) is 0.0588. The summed E-state index contributed by atoms with van der Waals surface area (Å²) >= 11 is 3.11. The zero-order chi connectivity index (χ0) is 17.3. The van der Waals surface area contributed by atoms with Crippen LogP contribution in [0.15, 0.2) is 51.4 Å². The van der Waals surface area contributed by atoms with Crippen LogP contribution >= 0.6 is 15.9 Å². The molecule has 0 unspecified atom stereocenters. The molecule has 2 amide bonds. The minimum Gasteiger partial charge on any atom is -0.451 e. The number of fused-ring (bicyclic) bond motifs is 1. The van der Waals surface area contributed by atoms with Crippen molar-refractivity contribution in [1.82, 2.24) is 10.9 Å². The van der Waals surface area contributed by atoms with Gasteiger partial charge in [0, 0.05) is 15.4 Å². The molecule has 3 rings (SSSR count). The fourth-order valence-electron chi connectivity index (χ4n) is 2.30. The van der Waals surface area contributed by atoms with Gasteiger partial charge in [0.2, 0.25) is 0 Å². The first kappa shape index (κ1) is 16.2. The summed E-state index contributed by atoms with van der Waals surface area (Å²) in [7, 11) is 0. The normalized spacial score (nSPS) is 10.6. The van der Waals surface area contributed by atoms with E-state index < -0.39 is 17.6 Å². The van der Waals surface area contributed by atoms with Crippen LogP contribution in [0.4, 0.5) is 4.39 Å². The monoisotopic (exact) mass is 390 g/mol. The molecule has 0 aliphatic rings. The van der Waals surface area contributed by atoms with Gasteiger partial charge in [-0.05, 0) is 31.2 Å². The first-order valence-corrected chi connectivity index (χ1v) is 7.80. The molecule has 1 heterocycles. The summed E-state index contributed by atoms with van der Waals surface area (Å²) in [5, 5.41) is 0.813. The van der Waals surface area contributed by atoms with Gasteiger partial charge in [-0.3, -0.25) is 20.4 Å². The minimum absolute atomic E-state index is 0.0905. The van der Waals surface area contributed by atoms with Gasteiger partial charge in [0.05, 0.1) is 5.56 Å². The van der Waals surface area contributed by atoms with Crippen molar-refractivity contribution in [3.8, 4) is 0 Å². The van der Waals surface area contributed by atoms with Gasteiger partial charge in [0.25, 0.3) is 5.91 Å². The summed E-state index contributed by atoms with van der Waals surface area (Å²) in [5.41, 5.74) is 5.46. The highest BCUT2D eigenvalue weighted by molar-refractivity contribution is 9.10. The Morgan fingerprint density at radius 2 is 1.79 bits per heavy atom. The van der Waals surface area contributed by atoms with Gasteiger partial charge in [-0.1, -0.05) is 34.1 Å². The van der Waals surface area contributed by atoms with Crippen LogP contribution in [-0.2, 0) is 0 Å². The highest BCUT2D eigenvalue weighted by Crippen LogP contribution is 2.24. The highest BCUT2D eigenvalue weighted by Gasteiger charge is 2.19. The number of furan rings is 1. The summed E-state index contributed by atoms with van der Waals surface area (Å²) in [6, 6.07) is 11.2. The van der Waals surface area contributed by atoms with Crippen LogP contribution in [0.2, 0.25) is 0 Å². The second kappa shape index (κ2) is 6.45. The van der Waals surface area contributed by atoms with Crippen LogP contribution in [0.1, 0.15) is 26.5 Å². The number of rotatable bonds is 2. The van der Waals surface area contributed by atoms with Gasteiger partial charge < -0.3 is 4.42 Å². The number of halogens is 2. The number of amides is 2. The SMILES string of the molecule is Cc1c(C(=O)NNC(=O)c2ccc(Br)cc2F)oc2ccccc12. The Hall–Kier alpha value is -2.67. The predicted molar refractivity (Wildman–Crippen MR) is 90.0 cm³/mol. The first-order chi connectivity index (χ1) is 11.5. The van der Waals surface area contributed by atoms with Gasteiger partial charge in [-0.2, -0.15) is 0 Å². The summed E-state index contributed by atoms with van der Waals surface area (Å²) in [5.74, 6) is -1.99. The van der Waals surface area contributed by atoms with Crippen LogP contribution in [-0.4, -0.2) is 11.8 Å². The van der Waals surface area contributed by atoms with Gasteiger partial charge >= 0.3 is 5.91 Å². The Kier molecular flexibility index (Phi) is 4.35. The number of carbonyl (C=O) groups is 2. The molecule has 0 fully saturated rings. The molecule has 0 saturated heterocycles. The van der Waals surface area contributed by atoms with Crippen molar-refractivity contribution in [2.24, 2.45) is 0 Å². The lowest BCUT2D eigenvalue weighted by atomic mass is 10.1. The quantitative estimate of drug-likeness (QED) is 0.655. The van der Waals surface area contributed by atoms with E-state index in [2.05, 4.69) is 26.8 Å². The average Bonchev–Trinajstić information content (AvgIpc) is 2.90. The molecule has 0 aliphatic carbocycles. The van der Waals surface area contributed by atoms with Crippen molar-refractivity contribution in [2.45, 2.75) is 6.92 Å². The Bertz CT molecular complexity index is 952. The van der Waals surface area contributed by atoms with E-state index in [4.69, 9.17) is 4.42 Å². The zero-order valence-electron chi connectivity index (χ0n) is 12.5. The summed E-state index contributed by atoms with van der Waals surface area (Å²) < 4.78 is 19.7. The third-order valence-corrected chi connectivity index (χ3v) is 4.01. The van der Waals surface area contributed by atoms with Crippen LogP contribution in [0, 0.1) is 12.7 Å². The van der Waals surface area contributed by atoms with Crippen LogP contribution in [0.3, 0.4) is 0 Å². The van der Waals surface area contributed by atoms with Crippen molar-refractivity contribution in [3.63, 3.8) is 0 Å². The molecule has 0 bridgehead atoms. The lowest BCUT2D eigenvalue weighted by Gasteiger charge is -2.07. The number of para-hydroxylation sites is 1. The topological polar surface area (TPSA) is 71.3 Å². The third-order valence-electron chi connectivity index (χ3n) is 3.52. The molecule has 3 aromatic rings. The standard InChI is InChI=1S/C17H12BrFN2O3/c1-9-11-4-2-3-5-14(11)24-15(9)17(23)21-20-16(22)12-7-6-10(18)8-13(12)19/h2-8H,1H3,(H,20,22)(H,21,23). The maximum atomic E-state index is 13.7. The number of hydrogen-bond acceptors (Lipinski definition) is 3. The Balaban J connectivity index is 1.75. The molecule has 0 radical (unpaired) electrons. The molecule has 0 atom stereocenters. The summed E-state index contributed by atoms with van der Waals surface area (Å²) in [4.78, 5) is 24.1. The van der Waals surface area contributed by atoms with E-state index in [-0.39, 0.29) is 11.3 Å². The van der Waals surface area contributed by atoms with Gasteiger partial charge in [0.1, 0.15) is 11.4 Å². The molecule has 7 heteroatoms. The van der Waals surface area contributed by atoms with Crippen molar-refractivity contribution < 1.29 is 18.4 Å². The molecular weight excluding hydrogens is 379 g/mol. The minimum atomic E-state index is -0.762. The van der Waals surface area contributed by atoms with E-state index in [0.717, 1.165) is 5.39 Å². The molecular formula is C17H12BrFN2O3. The van der Waals surface area contributed by atoms with Crippen LogP contribution < -0.4 is 10.9 Å². The van der Waals surface area contributed by atoms with E-state index >= 15 is 0 Å². The molecule has 0 saturated carbocycles. The van der Waals surface area contributed by atoms with Crippen molar-refractivity contribution in [1.29, 1.82) is 0 Å². The Morgan fingerprint density at radius 1 is 1.08 bits per heavy atom. The number of nitrogens with one attached hydrogen (secondary N) is 2. The predicted octanol–water partition coefficient (Wildman–Crippen LogP) is 3.72. The zero-order valence-corrected chi connectivity index (χ0v) is 14.1. The molecule has 5 nitrogen and oxygen atoms in total. The van der Waals surface area contributed by atoms with E-state index in [1.54, 1.807) is 19.1 Å². The lowest BCUT2D eigenvalue weighted by Crippen LogP contribution is -2.42. The number of hydrazine groups is 1. The van der Waals surface area contributed by atoms with Crippen LogP contribution in [0.5, 0.6) is 0 Å². The number of benzene rings is 2. The summed E-state index contributed by atoms with van der Waals surface area (Å²) in [6.45, 7) is 1.75. The Morgan fingerprint density at radius 3 is 2.50 bits per heavy atom. The van der Waals surface area contributed by atoms with E-state index in [0.29, 0.717) is 15.6 Å². The van der Waals surface area contributed by atoms with Crippen molar-refractivity contribution in [2.75, 3.05) is 0 Å². The van der Waals surface area contributed by atoms with Gasteiger partial charge in [0.15, 0.2) is 5.76 Å². The van der Waals surface area contributed by atoms with Crippen molar-refractivity contribution >= 4 is 38.7 Å². The average molecular weight is 391 g/mol.